The molecule has 132 valence electrons. The maximum absolute atomic E-state index is 12.5. The molecular formula is C15H22N4O4S. The summed E-state index contributed by atoms with van der Waals surface area (Å²) in [4.78, 5) is 22.2. The molecule has 9 heteroatoms. The highest BCUT2D eigenvalue weighted by Gasteiger charge is 2.44. The third kappa shape index (κ3) is 4.08. The van der Waals surface area contributed by atoms with Gasteiger partial charge < -0.3 is 9.64 Å². The SMILES string of the molecule is CS(=O)(=O)NC[C@@H]1CCC[C@]2(CCN(C(=O)c3ncccn3)C2)O1. The van der Waals surface area contributed by atoms with Crippen LogP contribution in [-0.2, 0) is 14.8 Å². The fourth-order valence-corrected chi connectivity index (χ4v) is 3.87. The molecular weight excluding hydrogens is 332 g/mol. The normalized spacial score (nSPS) is 27.5. The summed E-state index contributed by atoms with van der Waals surface area (Å²) < 4.78 is 31.2. The van der Waals surface area contributed by atoms with Gasteiger partial charge in [0.05, 0.1) is 24.5 Å². The standard InChI is InChI=1S/C15H22N4O4S/c1-24(21,22)18-10-12-4-2-5-15(23-12)6-9-19(11-15)14(20)13-16-7-3-8-17-13/h3,7-8,12,18H,2,4-6,9-11H2,1H3/t12-,15+/m0/s1. The van der Waals surface area contributed by atoms with Crippen molar-refractivity contribution in [3.05, 3.63) is 24.3 Å². The van der Waals surface area contributed by atoms with Crippen LogP contribution in [0.5, 0.6) is 0 Å². The Bertz CT molecular complexity index is 697. The van der Waals surface area contributed by atoms with Crippen LogP contribution in [0.15, 0.2) is 18.5 Å². The van der Waals surface area contributed by atoms with E-state index in [1.54, 1.807) is 23.4 Å². The first kappa shape index (κ1) is 17.2. The van der Waals surface area contributed by atoms with Crippen molar-refractivity contribution in [3.63, 3.8) is 0 Å². The average molecular weight is 354 g/mol. The van der Waals surface area contributed by atoms with Gasteiger partial charge in [-0.1, -0.05) is 0 Å². The number of ether oxygens (including phenoxy) is 1. The number of amides is 1. The minimum atomic E-state index is -3.23. The van der Waals surface area contributed by atoms with Gasteiger partial charge in [0.15, 0.2) is 0 Å². The molecule has 3 rings (SSSR count). The van der Waals surface area contributed by atoms with Crippen LogP contribution in [0.3, 0.4) is 0 Å². The minimum absolute atomic E-state index is 0.156. The number of hydrogen-bond acceptors (Lipinski definition) is 6. The van der Waals surface area contributed by atoms with Gasteiger partial charge in [-0.05, 0) is 31.7 Å². The Morgan fingerprint density at radius 1 is 1.42 bits per heavy atom. The van der Waals surface area contributed by atoms with Gasteiger partial charge in [-0.15, -0.1) is 0 Å². The van der Waals surface area contributed by atoms with E-state index in [0.29, 0.717) is 13.1 Å². The lowest BCUT2D eigenvalue weighted by Crippen LogP contribution is -2.47. The fraction of sp³-hybridized carbons (Fsp3) is 0.667. The number of carbonyl (C=O) groups excluding carboxylic acids is 1. The van der Waals surface area contributed by atoms with E-state index in [1.807, 2.05) is 0 Å². The monoisotopic (exact) mass is 354 g/mol. The molecule has 0 unspecified atom stereocenters. The molecule has 0 bridgehead atoms. The number of rotatable bonds is 4. The molecule has 0 saturated carbocycles. The van der Waals surface area contributed by atoms with E-state index in [9.17, 15) is 13.2 Å². The lowest BCUT2D eigenvalue weighted by Gasteiger charge is -2.38. The predicted octanol–water partition coefficient (Wildman–Crippen LogP) is 0.180. The molecule has 24 heavy (non-hydrogen) atoms. The van der Waals surface area contributed by atoms with Gasteiger partial charge in [0.1, 0.15) is 0 Å². The topological polar surface area (TPSA) is 101 Å². The molecule has 8 nitrogen and oxygen atoms in total. The second-order valence-corrected chi connectivity index (χ2v) is 8.32. The Morgan fingerprint density at radius 3 is 2.88 bits per heavy atom. The largest absolute Gasteiger partial charge is 0.368 e. The number of aromatic nitrogens is 2. The third-order valence-corrected chi connectivity index (χ3v) is 5.20. The Morgan fingerprint density at radius 2 is 2.17 bits per heavy atom. The van der Waals surface area contributed by atoms with Crippen LogP contribution in [0, 0.1) is 0 Å². The van der Waals surface area contributed by atoms with Gasteiger partial charge >= 0.3 is 0 Å². The van der Waals surface area contributed by atoms with E-state index < -0.39 is 10.0 Å². The Kier molecular flexibility index (Phi) is 4.84. The summed E-state index contributed by atoms with van der Waals surface area (Å²) in [5.74, 6) is 0.00751. The maximum Gasteiger partial charge on any atom is 0.291 e. The quantitative estimate of drug-likeness (QED) is 0.828. The molecule has 0 aromatic carbocycles. The van der Waals surface area contributed by atoms with Crippen LogP contribution in [0.4, 0.5) is 0 Å². The number of sulfonamides is 1. The van der Waals surface area contributed by atoms with Crippen LogP contribution in [0.2, 0.25) is 0 Å². The molecule has 2 atom stereocenters. The average Bonchev–Trinajstić information content (AvgIpc) is 2.96. The van der Waals surface area contributed by atoms with Crippen LogP contribution in [-0.4, -0.2) is 66.8 Å². The first-order valence-corrected chi connectivity index (χ1v) is 9.95. The Labute approximate surface area is 141 Å². The molecule has 2 fully saturated rings. The summed E-state index contributed by atoms with van der Waals surface area (Å²) in [6.07, 6.45) is 7.49. The Balaban J connectivity index is 1.62. The summed E-state index contributed by atoms with van der Waals surface area (Å²) in [6, 6.07) is 1.67. The predicted molar refractivity (Wildman–Crippen MR) is 86.9 cm³/mol. The summed E-state index contributed by atoms with van der Waals surface area (Å²) >= 11 is 0. The molecule has 3 heterocycles. The highest BCUT2D eigenvalue weighted by Crippen LogP contribution is 2.36. The van der Waals surface area contributed by atoms with Gasteiger partial charge in [0.2, 0.25) is 15.8 Å². The first-order chi connectivity index (χ1) is 11.4. The molecule has 2 aliphatic heterocycles. The lowest BCUT2D eigenvalue weighted by atomic mass is 9.90. The molecule has 1 aromatic heterocycles. The van der Waals surface area contributed by atoms with Gasteiger partial charge in [0, 0.05) is 25.5 Å². The molecule has 1 spiro atoms. The second-order valence-electron chi connectivity index (χ2n) is 6.48. The number of nitrogens with zero attached hydrogens (tertiary/aromatic N) is 3. The van der Waals surface area contributed by atoms with E-state index in [1.165, 1.54) is 0 Å². The van der Waals surface area contributed by atoms with E-state index in [-0.39, 0.29) is 30.0 Å². The molecule has 2 aliphatic rings. The first-order valence-electron chi connectivity index (χ1n) is 8.06. The minimum Gasteiger partial charge on any atom is -0.368 e. The van der Waals surface area contributed by atoms with Crippen molar-refractivity contribution in [2.24, 2.45) is 0 Å². The molecule has 0 aliphatic carbocycles. The second kappa shape index (κ2) is 6.73. The number of carbonyl (C=O) groups is 1. The number of hydrogen-bond donors (Lipinski definition) is 1. The number of nitrogens with one attached hydrogen (secondary N) is 1. The van der Waals surface area contributed by atoms with E-state index in [4.69, 9.17) is 4.74 Å². The van der Waals surface area contributed by atoms with Crippen LogP contribution in [0.1, 0.15) is 36.3 Å². The van der Waals surface area contributed by atoms with Gasteiger partial charge in [-0.2, -0.15) is 0 Å². The molecule has 1 amide bonds. The van der Waals surface area contributed by atoms with Crippen molar-refractivity contribution in [2.45, 2.75) is 37.4 Å². The summed E-state index contributed by atoms with van der Waals surface area (Å²) in [7, 11) is -3.23. The van der Waals surface area contributed by atoms with E-state index in [0.717, 1.165) is 31.9 Å². The summed E-state index contributed by atoms with van der Waals surface area (Å²) in [5, 5.41) is 0. The van der Waals surface area contributed by atoms with Crippen molar-refractivity contribution in [3.8, 4) is 0 Å². The maximum atomic E-state index is 12.5. The van der Waals surface area contributed by atoms with Crippen LogP contribution in [0.25, 0.3) is 0 Å². The van der Waals surface area contributed by atoms with Crippen molar-refractivity contribution in [1.82, 2.24) is 19.6 Å². The highest BCUT2D eigenvalue weighted by atomic mass is 32.2. The zero-order chi connectivity index (χ0) is 17.2. The molecule has 1 aromatic rings. The van der Waals surface area contributed by atoms with Gasteiger partial charge in [0.25, 0.3) is 5.91 Å². The molecule has 0 radical (unpaired) electrons. The van der Waals surface area contributed by atoms with Crippen molar-refractivity contribution in [2.75, 3.05) is 25.9 Å². The summed E-state index contributed by atoms with van der Waals surface area (Å²) in [5.41, 5.74) is -0.382. The number of likely N-dealkylation sites (tertiary alicyclic amines) is 1. The van der Waals surface area contributed by atoms with Crippen molar-refractivity contribution >= 4 is 15.9 Å². The molecule has 1 N–H and O–H groups in total. The van der Waals surface area contributed by atoms with Crippen LogP contribution >= 0.6 is 0 Å². The lowest BCUT2D eigenvalue weighted by molar-refractivity contribution is -0.116. The fourth-order valence-electron chi connectivity index (χ4n) is 3.38. The third-order valence-electron chi connectivity index (χ3n) is 4.51. The Hall–Kier alpha value is -1.58. The van der Waals surface area contributed by atoms with E-state index >= 15 is 0 Å². The zero-order valence-corrected chi connectivity index (χ0v) is 14.5. The van der Waals surface area contributed by atoms with Crippen LogP contribution < -0.4 is 4.72 Å². The van der Waals surface area contributed by atoms with Gasteiger partial charge in [-0.25, -0.2) is 23.1 Å². The molecule has 2 saturated heterocycles. The van der Waals surface area contributed by atoms with Crippen molar-refractivity contribution < 1.29 is 17.9 Å². The van der Waals surface area contributed by atoms with E-state index in [2.05, 4.69) is 14.7 Å². The van der Waals surface area contributed by atoms with Gasteiger partial charge in [-0.3, -0.25) is 4.79 Å². The van der Waals surface area contributed by atoms with Crippen molar-refractivity contribution in [1.29, 1.82) is 0 Å². The summed E-state index contributed by atoms with van der Waals surface area (Å²) in [6.45, 7) is 1.37. The zero-order valence-electron chi connectivity index (χ0n) is 13.6. The smallest absolute Gasteiger partial charge is 0.291 e. The highest BCUT2D eigenvalue weighted by molar-refractivity contribution is 7.88.